The first-order valence-electron chi connectivity index (χ1n) is 5.73. The number of alkyl halides is 3. The van der Waals surface area contributed by atoms with Gasteiger partial charge in [0.2, 0.25) is 0 Å². The summed E-state index contributed by atoms with van der Waals surface area (Å²) >= 11 is 0. The molecule has 0 atom stereocenters. The van der Waals surface area contributed by atoms with Gasteiger partial charge in [-0.3, -0.25) is 0 Å². The van der Waals surface area contributed by atoms with Crippen molar-refractivity contribution in [3.63, 3.8) is 0 Å². The van der Waals surface area contributed by atoms with Crippen molar-refractivity contribution >= 4 is 11.4 Å². The lowest BCUT2D eigenvalue weighted by atomic mass is 10.1. The topological polar surface area (TPSA) is 24.5 Å². The van der Waals surface area contributed by atoms with Crippen molar-refractivity contribution in [3.8, 4) is 0 Å². The third-order valence-corrected chi connectivity index (χ3v) is 2.91. The van der Waals surface area contributed by atoms with Gasteiger partial charge < -0.3 is 15.0 Å². The Kier molecular flexibility index (Phi) is 3.65. The largest absolute Gasteiger partial charge is 0.416 e. The van der Waals surface area contributed by atoms with E-state index in [9.17, 15) is 13.2 Å². The Bertz CT molecular complexity index is 414. The highest BCUT2D eigenvalue weighted by Gasteiger charge is 2.31. The zero-order chi connectivity index (χ0) is 13.2. The van der Waals surface area contributed by atoms with Crippen molar-refractivity contribution in [2.24, 2.45) is 0 Å². The summed E-state index contributed by atoms with van der Waals surface area (Å²) in [6.45, 7) is 2.32. The number of rotatable bonds is 2. The minimum atomic E-state index is -4.33. The molecular formula is C12H15F3N2O. The van der Waals surface area contributed by atoms with Crippen molar-refractivity contribution in [3.05, 3.63) is 23.8 Å². The Balaban J connectivity index is 2.34. The van der Waals surface area contributed by atoms with E-state index in [2.05, 4.69) is 5.32 Å². The Morgan fingerprint density at radius 1 is 1.17 bits per heavy atom. The highest BCUT2D eigenvalue weighted by molar-refractivity contribution is 5.61. The van der Waals surface area contributed by atoms with Gasteiger partial charge in [-0.1, -0.05) is 0 Å². The lowest BCUT2D eigenvalue weighted by molar-refractivity contribution is -0.137. The van der Waals surface area contributed by atoms with Crippen LogP contribution < -0.4 is 10.2 Å². The summed E-state index contributed by atoms with van der Waals surface area (Å²) in [7, 11) is 1.61. The number of halogens is 3. The average molecular weight is 260 g/mol. The Morgan fingerprint density at radius 3 is 2.39 bits per heavy atom. The molecule has 1 saturated heterocycles. The molecule has 0 spiro atoms. The molecule has 1 aromatic rings. The standard InChI is InChI=1S/C12H15F3N2O/c1-16-10-6-9(12(13,14)15)7-11(8-10)17-2-4-18-5-3-17/h6-8,16H,2-5H2,1H3. The molecule has 18 heavy (non-hydrogen) atoms. The molecule has 0 amide bonds. The zero-order valence-electron chi connectivity index (χ0n) is 10.0. The summed E-state index contributed by atoms with van der Waals surface area (Å²) in [6, 6.07) is 4.02. The predicted octanol–water partition coefficient (Wildman–Crippen LogP) is 2.58. The highest BCUT2D eigenvalue weighted by Crippen LogP contribution is 2.34. The fraction of sp³-hybridized carbons (Fsp3) is 0.500. The summed E-state index contributed by atoms with van der Waals surface area (Å²) in [4.78, 5) is 1.90. The molecule has 6 heteroatoms. The van der Waals surface area contributed by atoms with Gasteiger partial charge in [-0.2, -0.15) is 13.2 Å². The molecule has 1 aromatic carbocycles. The van der Waals surface area contributed by atoms with Crippen molar-refractivity contribution in [2.75, 3.05) is 43.6 Å². The maximum atomic E-state index is 12.8. The van der Waals surface area contributed by atoms with Gasteiger partial charge in [0.1, 0.15) is 0 Å². The van der Waals surface area contributed by atoms with E-state index < -0.39 is 11.7 Å². The van der Waals surface area contributed by atoms with E-state index in [0.29, 0.717) is 37.7 Å². The second-order valence-electron chi connectivity index (χ2n) is 4.12. The van der Waals surface area contributed by atoms with Crippen LogP contribution in [0.2, 0.25) is 0 Å². The Morgan fingerprint density at radius 2 is 1.83 bits per heavy atom. The highest BCUT2D eigenvalue weighted by atomic mass is 19.4. The summed E-state index contributed by atoms with van der Waals surface area (Å²) < 4.78 is 43.5. The molecule has 0 radical (unpaired) electrons. The molecule has 0 saturated carbocycles. The number of benzene rings is 1. The van der Waals surface area contributed by atoms with Crippen LogP contribution in [0.15, 0.2) is 18.2 Å². The summed E-state index contributed by atoms with van der Waals surface area (Å²) in [5, 5.41) is 2.76. The fourth-order valence-corrected chi connectivity index (χ4v) is 1.92. The van der Waals surface area contributed by atoms with Gasteiger partial charge in [0.05, 0.1) is 18.8 Å². The minimum Gasteiger partial charge on any atom is -0.388 e. The molecule has 0 aromatic heterocycles. The molecule has 3 nitrogen and oxygen atoms in total. The first kappa shape index (κ1) is 13.0. The van der Waals surface area contributed by atoms with E-state index >= 15 is 0 Å². The van der Waals surface area contributed by atoms with E-state index in [4.69, 9.17) is 4.74 Å². The van der Waals surface area contributed by atoms with Crippen LogP contribution in [0.4, 0.5) is 24.5 Å². The lowest BCUT2D eigenvalue weighted by Crippen LogP contribution is -2.36. The van der Waals surface area contributed by atoms with Gasteiger partial charge in [0.25, 0.3) is 0 Å². The number of nitrogens with zero attached hydrogens (tertiary/aromatic N) is 1. The van der Waals surface area contributed by atoms with Crippen LogP contribution in [-0.4, -0.2) is 33.4 Å². The Hall–Kier alpha value is -1.43. The molecule has 1 aliphatic heterocycles. The van der Waals surface area contributed by atoms with Crippen LogP contribution in [0.1, 0.15) is 5.56 Å². The molecule has 100 valence electrons. The predicted molar refractivity (Wildman–Crippen MR) is 64.0 cm³/mol. The first-order chi connectivity index (χ1) is 8.50. The van der Waals surface area contributed by atoms with Crippen LogP contribution in [0.3, 0.4) is 0 Å². The maximum Gasteiger partial charge on any atom is 0.416 e. The van der Waals surface area contributed by atoms with Gasteiger partial charge in [-0.05, 0) is 18.2 Å². The van der Waals surface area contributed by atoms with Gasteiger partial charge in [-0.15, -0.1) is 0 Å². The van der Waals surface area contributed by atoms with Crippen LogP contribution in [0.25, 0.3) is 0 Å². The summed E-state index contributed by atoms with van der Waals surface area (Å²) in [5.41, 5.74) is 0.416. The molecule has 0 aliphatic carbocycles. The zero-order valence-corrected chi connectivity index (χ0v) is 10.0. The van der Waals surface area contributed by atoms with Crippen LogP contribution in [0.5, 0.6) is 0 Å². The number of ether oxygens (including phenoxy) is 1. The van der Waals surface area contributed by atoms with Crippen LogP contribution in [-0.2, 0) is 10.9 Å². The number of anilines is 2. The second kappa shape index (κ2) is 5.06. The number of hydrogen-bond donors (Lipinski definition) is 1. The summed E-state index contributed by atoms with van der Waals surface area (Å²) in [6.07, 6.45) is -4.33. The summed E-state index contributed by atoms with van der Waals surface area (Å²) in [5.74, 6) is 0. The van der Waals surface area contributed by atoms with E-state index in [0.717, 1.165) is 6.07 Å². The number of morpholine rings is 1. The normalized spacial score (nSPS) is 16.8. The molecule has 1 heterocycles. The molecule has 1 fully saturated rings. The molecule has 1 N–H and O–H groups in total. The van der Waals surface area contributed by atoms with Crippen molar-refractivity contribution in [2.45, 2.75) is 6.18 Å². The van der Waals surface area contributed by atoms with Crippen LogP contribution in [0, 0.1) is 0 Å². The minimum absolute atomic E-state index is 0.464. The molecule has 2 rings (SSSR count). The third-order valence-electron chi connectivity index (χ3n) is 2.91. The Labute approximate surface area is 104 Å². The molecule has 1 aliphatic rings. The third kappa shape index (κ3) is 2.87. The van der Waals surface area contributed by atoms with Gasteiger partial charge in [-0.25, -0.2) is 0 Å². The quantitative estimate of drug-likeness (QED) is 0.884. The second-order valence-corrected chi connectivity index (χ2v) is 4.12. The van der Waals surface area contributed by atoms with Crippen molar-refractivity contribution in [1.82, 2.24) is 0 Å². The number of nitrogens with one attached hydrogen (secondary N) is 1. The SMILES string of the molecule is CNc1cc(N2CCOCC2)cc(C(F)(F)F)c1. The van der Waals surface area contributed by atoms with Crippen molar-refractivity contribution in [1.29, 1.82) is 0 Å². The van der Waals surface area contributed by atoms with E-state index in [1.165, 1.54) is 6.07 Å². The molecular weight excluding hydrogens is 245 g/mol. The van der Waals surface area contributed by atoms with E-state index in [1.54, 1.807) is 13.1 Å². The molecule has 0 unspecified atom stereocenters. The monoisotopic (exact) mass is 260 g/mol. The van der Waals surface area contributed by atoms with E-state index in [1.807, 2.05) is 4.90 Å². The fourth-order valence-electron chi connectivity index (χ4n) is 1.92. The maximum absolute atomic E-state index is 12.8. The number of hydrogen-bond acceptors (Lipinski definition) is 3. The van der Waals surface area contributed by atoms with Gasteiger partial charge in [0.15, 0.2) is 0 Å². The lowest BCUT2D eigenvalue weighted by Gasteiger charge is -2.29. The van der Waals surface area contributed by atoms with Crippen LogP contribution >= 0.6 is 0 Å². The van der Waals surface area contributed by atoms with Gasteiger partial charge in [0, 0.05) is 31.5 Å². The smallest absolute Gasteiger partial charge is 0.388 e. The van der Waals surface area contributed by atoms with Crippen molar-refractivity contribution < 1.29 is 17.9 Å². The first-order valence-corrected chi connectivity index (χ1v) is 5.73. The average Bonchev–Trinajstić information content (AvgIpc) is 2.38. The molecule has 0 bridgehead atoms. The van der Waals surface area contributed by atoms with E-state index in [-0.39, 0.29) is 0 Å². The van der Waals surface area contributed by atoms with Gasteiger partial charge >= 0.3 is 6.18 Å².